The molecule has 0 fully saturated rings. The minimum Gasteiger partial charge on any atom is -0.352 e. The van der Waals surface area contributed by atoms with Gasteiger partial charge in [-0.25, -0.2) is 0 Å². The van der Waals surface area contributed by atoms with Crippen molar-refractivity contribution in [1.29, 1.82) is 0 Å². The van der Waals surface area contributed by atoms with Gasteiger partial charge in [0.2, 0.25) is 0 Å². The monoisotopic (exact) mass is 265 g/mol. The lowest BCUT2D eigenvalue weighted by molar-refractivity contribution is 0.0935. The Morgan fingerprint density at radius 2 is 2.07 bits per heavy atom. The van der Waals surface area contributed by atoms with Gasteiger partial charge in [0.1, 0.15) is 0 Å². The summed E-state index contributed by atoms with van der Waals surface area (Å²) in [6.45, 7) is 3.81. The van der Waals surface area contributed by atoms with Crippen molar-refractivity contribution in [2.45, 2.75) is 13.8 Å². The van der Waals surface area contributed by atoms with Crippen LogP contribution < -0.4 is 0 Å². The standard InChI is InChI=1S/C12H12BrNO/c1-7(2)12(15)11-5-8-3-4-9(13)6-10(8)14-11/h3-7,14H,1-2H3. The number of aromatic nitrogens is 1. The summed E-state index contributed by atoms with van der Waals surface area (Å²) in [4.78, 5) is 14.9. The molecule has 0 aliphatic carbocycles. The number of benzene rings is 1. The van der Waals surface area contributed by atoms with Crippen molar-refractivity contribution in [1.82, 2.24) is 4.98 Å². The second kappa shape index (κ2) is 3.81. The lowest BCUT2D eigenvalue weighted by Crippen LogP contribution is -2.07. The van der Waals surface area contributed by atoms with E-state index in [4.69, 9.17) is 0 Å². The predicted molar refractivity (Wildman–Crippen MR) is 65.2 cm³/mol. The molecule has 0 amide bonds. The zero-order chi connectivity index (χ0) is 11.0. The molecule has 0 spiro atoms. The molecule has 3 heteroatoms. The molecule has 0 aliphatic rings. The first-order valence-electron chi connectivity index (χ1n) is 4.90. The van der Waals surface area contributed by atoms with Crippen LogP contribution >= 0.6 is 15.9 Å². The minimum atomic E-state index is 0.0292. The smallest absolute Gasteiger partial charge is 0.181 e. The average Bonchev–Trinajstić information content (AvgIpc) is 2.58. The van der Waals surface area contributed by atoms with Crippen LogP contribution in [0.25, 0.3) is 10.9 Å². The van der Waals surface area contributed by atoms with Crippen LogP contribution in [0.2, 0.25) is 0 Å². The highest BCUT2D eigenvalue weighted by molar-refractivity contribution is 9.10. The Balaban J connectivity index is 2.52. The Morgan fingerprint density at radius 1 is 1.33 bits per heavy atom. The number of H-pyrrole nitrogens is 1. The molecule has 1 N–H and O–H groups in total. The molecule has 2 aromatic rings. The summed E-state index contributed by atoms with van der Waals surface area (Å²) >= 11 is 3.40. The van der Waals surface area contributed by atoms with Crippen molar-refractivity contribution in [3.05, 3.63) is 34.4 Å². The van der Waals surface area contributed by atoms with Gasteiger partial charge in [-0.2, -0.15) is 0 Å². The molecule has 15 heavy (non-hydrogen) atoms. The molecule has 0 unspecified atom stereocenters. The van der Waals surface area contributed by atoms with E-state index in [-0.39, 0.29) is 11.7 Å². The van der Waals surface area contributed by atoms with Gasteiger partial charge in [-0.1, -0.05) is 35.8 Å². The van der Waals surface area contributed by atoms with E-state index in [1.807, 2.05) is 38.1 Å². The Bertz CT molecular complexity index is 513. The van der Waals surface area contributed by atoms with Gasteiger partial charge in [0.25, 0.3) is 0 Å². The van der Waals surface area contributed by atoms with Crippen LogP contribution in [-0.2, 0) is 0 Å². The van der Waals surface area contributed by atoms with Crippen LogP contribution in [0, 0.1) is 5.92 Å². The zero-order valence-electron chi connectivity index (χ0n) is 8.67. The van der Waals surface area contributed by atoms with Gasteiger partial charge in [0.15, 0.2) is 5.78 Å². The van der Waals surface area contributed by atoms with E-state index in [1.165, 1.54) is 0 Å². The maximum atomic E-state index is 11.8. The topological polar surface area (TPSA) is 32.9 Å². The Morgan fingerprint density at radius 3 is 2.73 bits per heavy atom. The van der Waals surface area contributed by atoms with Crippen LogP contribution in [0.4, 0.5) is 0 Å². The number of nitrogens with one attached hydrogen (secondary N) is 1. The number of hydrogen-bond acceptors (Lipinski definition) is 1. The van der Waals surface area contributed by atoms with Crippen molar-refractivity contribution in [3.63, 3.8) is 0 Å². The van der Waals surface area contributed by atoms with Crippen molar-refractivity contribution in [2.75, 3.05) is 0 Å². The second-order valence-corrected chi connectivity index (χ2v) is 4.85. The predicted octanol–water partition coefficient (Wildman–Crippen LogP) is 3.77. The van der Waals surface area contributed by atoms with Crippen LogP contribution in [0.3, 0.4) is 0 Å². The Hall–Kier alpha value is -1.09. The fourth-order valence-electron chi connectivity index (χ4n) is 1.54. The summed E-state index contributed by atoms with van der Waals surface area (Å²) in [7, 11) is 0. The molecule has 0 saturated heterocycles. The SMILES string of the molecule is CC(C)C(=O)c1cc2ccc(Br)cc2[nH]1. The van der Waals surface area contributed by atoms with Crippen LogP contribution in [0.15, 0.2) is 28.7 Å². The molecule has 2 rings (SSSR count). The molecule has 1 aromatic carbocycles. The van der Waals surface area contributed by atoms with Gasteiger partial charge < -0.3 is 4.98 Å². The minimum absolute atomic E-state index is 0.0292. The fourth-order valence-corrected chi connectivity index (χ4v) is 1.90. The molecule has 2 nitrogen and oxygen atoms in total. The van der Waals surface area contributed by atoms with E-state index in [0.29, 0.717) is 5.69 Å². The lowest BCUT2D eigenvalue weighted by atomic mass is 10.1. The quantitative estimate of drug-likeness (QED) is 0.824. The number of fused-ring (bicyclic) bond motifs is 1. The van der Waals surface area contributed by atoms with E-state index in [0.717, 1.165) is 15.4 Å². The molecular weight excluding hydrogens is 254 g/mol. The molecule has 1 heterocycles. The Labute approximate surface area is 96.8 Å². The summed E-state index contributed by atoms with van der Waals surface area (Å²) in [5.41, 5.74) is 1.69. The van der Waals surface area contributed by atoms with Crippen LogP contribution in [0.1, 0.15) is 24.3 Å². The molecule has 0 bridgehead atoms. The number of aromatic amines is 1. The van der Waals surface area contributed by atoms with E-state index in [2.05, 4.69) is 20.9 Å². The fraction of sp³-hybridized carbons (Fsp3) is 0.250. The first-order valence-corrected chi connectivity index (χ1v) is 5.69. The number of Topliss-reactive ketones (excluding diaryl/α,β-unsaturated/α-hetero) is 1. The molecule has 0 radical (unpaired) electrons. The number of hydrogen-bond donors (Lipinski definition) is 1. The molecule has 1 aromatic heterocycles. The van der Waals surface area contributed by atoms with Crippen molar-refractivity contribution in [2.24, 2.45) is 5.92 Å². The van der Waals surface area contributed by atoms with E-state index >= 15 is 0 Å². The van der Waals surface area contributed by atoms with E-state index in [9.17, 15) is 4.79 Å². The maximum absolute atomic E-state index is 11.8. The van der Waals surface area contributed by atoms with Gasteiger partial charge in [-0.15, -0.1) is 0 Å². The maximum Gasteiger partial charge on any atom is 0.181 e. The van der Waals surface area contributed by atoms with Gasteiger partial charge in [-0.3, -0.25) is 4.79 Å². The van der Waals surface area contributed by atoms with Gasteiger partial charge in [0, 0.05) is 21.3 Å². The third-order valence-corrected chi connectivity index (χ3v) is 2.87. The molecule has 78 valence electrons. The van der Waals surface area contributed by atoms with Gasteiger partial charge in [0.05, 0.1) is 5.69 Å². The van der Waals surface area contributed by atoms with E-state index < -0.39 is 0 Å². The first kappa shape index (κ1) is 10.4. The summed E-state index contributed by atoms with van der Waals surface area (Å²) in [6.07, 6.45) is 0. The number of rotatable bonds is 2. The molecule has 0 aliphatic heterocycles. The Kier molecular flexibility index (Phi) is 2.65. The average molecular weight is 266 g/mol. The third-order valence-electron chi connectivity index (χ3n) is 2.37. The van der Waals surface area contributed by atoms with E-state index in [1.54, 1.807) is 0 Å². The number of carbonyl (C=O) groups excluding carboxylic acids is 1. The normalized spacial score (nSPS) is 11.2. The van der Waals surface area contributed by atoms with Crippen molar-refractivity contribution in [3.8, 4) is 0 Å². The van der Waals surface area contributed by atoms with Crippen LogP contribution in [0.5, 0.6) is 0 Å². The highest BCUT2D eigenvalue weighted by Gasteiger charge is 2.12. The number of carbonyl (C=O) groups is 1. The number of halogens is 1. The third kappa shape index (κ3) is 1.97. The van der Waals surface area contributed by atoms with Crippen molar-refractivity contribution < 1.29 is 4.79 Å². The number of ketones is 1. The molecule has 0 atom stereocenters. The molecule has 0 saturated carbocycles. The lowest BCUT2D eigenvalue weighted by Gasteiger charge is -1.99. The largest absolute Gasteiger partial charge is 0.352 e. The second-order valence-electron chi connectivity index (χ2n) is 3.93. The first-order chi connectivity index (χ1) is 7.08. The summed E-state index contributed by atoms with van der Waals surface area (Å²) in [5, 5.41) is 1.07. The summed E-state index contributed by atoms with van der Waals surface area (Å²) in [5.74, 6) is 0.184. The zero-order valence-corrected chi connectivity index (χ0v) is 10.3. The highest BCUT2D eigenvalue weighted by Crippen LogP contribution is 2.21. The van der Waals surface area contributed by atoms with Gasteiger partial charge >= 0.3 is 0 Å². The van der Waals surface area contributed by atoms with Gasteiger partial charge in [-0.05, 0) is 18.2 Å². The molecular formula is C12H12BrNO. The summed E-state index contributed by atoms with van der Waals surface area (Å²) < 4.78 is 1.01. The van der Waals surface area contributed by atoms with Crippen LogP contribution in [-0.4, -0.2) is 10.8 Å². The summed E-state index contributed by atoms with van der Waals surface area (Å²) in [6, 6.07) is 7.85. The van der Waals surface area contributed by atoms with Crippen molar-refractivity contribution >= 4 is 32.6 Å². The highest BCUT2D eigenvalue weighted by atomic mass is 79.9.